The van der Waals surface area contributed by atoms with Crippen molar-refractivity contribution in [3.63, 3.8) is 0 Å². The molecule has 0 aliphatic heterocycles. The highest BCUT2D eigenvalue weighted by atomic mass is 16.4. The highest BCUT2D eigenvalue weighted by Gasteiger charge is 2.38. The Morgan fingerprint density at radius 3 is 2.25 bits per heavy atom. The SMILES string of the molecule is CCCCN(CC)C(C)(CC(C)C)C(=O)O. The van der Waals surface area contributed by atoms with Gasteiger partial charge in [-0.15, -0.1) is 0 Å². The molecular formula is C13H27NO2. The summed E-state index contributed by atoms with van der Waals surface area (Å²) in [5.41, 5.74) is -0.710. The molecule has 96 valence electrons. The van der Waals surface area contributed by atoms with Gasteiger partial charge in [-0.2, -0.15) is 0 Å². The molecular weight excluding hydrogens is 202 g/mol. The van der Waals surface area contributed by atoms with Crippen molar-refractivity contribution in [2.45, 2.75) is 59.4 Å². The minimum Gasteiger partial charge on any atom is -0.480 e. The highest BCUT2D eigenvalue weighted by molar-refractivity contribution is 5.78. The molecule has 16 heavy (non-hydrogen) atoms. The smallest absolute Gasteiger partial charge is 0.323 e. The van der Waals surface area contributed by atoms with Crippen molar-refractivity contribution in [2.75, 3.05) is 13.1 Å². The second-order valence-corrected chi connectivity index (χ2v) is 5.11. The van der Waals surface area contributed by atoms with E-state index in [0.717, 1.165) is 25.9 Å². The zero-order chi connectivity index (χ0) is 12.8. The Hall–Kier alpha value is -0.570. The van der Waals surface area contributed by atoms with Gasteiger partial charge >= 0.3 is 5.97 Å². The molecule has 0 fully saturated rings. The van der Waals surface area contributed by atoms with E-state index in [1.165, 1.54) is 0 Å². The first-order valence-electron chi connectivity index (χ1n) is 6.36. The first-order valence-corrected chi connectivity index (χ1v) is 6.36. The largest absolute Gasteiger partial charge is 0.480 e. The van der Waals surface area contributed by atoms with E-state index in [4.69, 9.17) is 0 Å². The van der Waals surface area contributed by atoms with E-state index in [0.29, 0.717) is 12.3 Å². The summed E-state index contributed by atoms with van der Waals surface area (Å²) in [6.45, 7) is 11.9. The standard InChI is InChI=1S/C13H27NO2/c1-6-8-9-14(7-2)13(5,12(15)16)10-11(3)4/h11H,6-10H2,1-5H3,(H,15,16). The average molecular weight is 229 g/mol. The number of unbranched alkanes of at least 4 members (excludes halogenated alkanes) is 1. The fourth-order valence-electron chi connectivity index (χ4n) is 2.25. The second kappa shape index (κ2) is 6.89. The fraction of sp³-hybridized carbons (Fsp3) is 0.923. The van der Waals surface area contributed by atoms with Crippen LogP contribution in [0.5, 0.6) is 0 Å². The van der Waals surface area contributed by atoms with Gasteiger partial charge in [0.1, 0.15) is 5.54 Å². The van der Waals surface area contributed by atoms with Crippen LogP contribution < -0.4 is 0 Å². The van der Waals surface area contributed by atoms with Crippen LogP contribution in [0.1, 0.15) is 53.9 Å². The fourth-order valence-corrected chi connectivity index (χ4v) is 2.25. The molecule has 0 aliphatic rings. The number of aliphatic carboxylic acids is 1. The van der Waals surface area contributed by atoms with Gasteiger partial charge in [-0.3, -0.25) is 9.69 Å². The van der Waals surface area contributed by atoms with Gasteiger partial charge in [0.05, 0.1) is 0 Å². The molecule has 1 atom stereocenters. The summed E-state index contributed by atoms with van der Waals surface area (Å²) in [5, 5.41) is 9.44. The van der Waals surface area contributed by atoms with E-state index in [-0.39, 0.29) is 0 Å². The molecule has 0 saturated heterocycles. The molecule has 0 bridgehead atoms. The lowest BCUT2D eigenvalue weighted by Gasteiger charge is -2.38. The summed E-state index contributed by atoms with van der Waals surface area (Å²) < 4.78 is 0. The lowest BCUT2D eigenvalue weighted by atomic mass is 9.88. The van der Waals surface area contributed by atoms with Crippen molar-refractivity contribution in [3.05, 3.63) is 0 Å². The molecule has 0 amide bonds. The Bertz CT molecular complexity index is 216. The first-order chi connectivity index (χ1) is 7.38. The van der Waals surface area contributed by atoms with E-state index < -0.39 is 11.5 Å². The zero-order valence-corrected chi connectivity index (χ0v) is 11.4. The molecule has 0 saturated carbocycles. The van der Waals surface area contributed by atoms with Crippen LogP contribution in [0, 0.1) is 5.92 Å². The third-order valence-corrected chi connectivity index (χ3v) is 3.13. The summed E-state index contributed by atoms with van der Waals surface area (Å²) in [6, 6.07) is 0. The van der Waals surface area contributed by atoms with Crippen molar-refractivity contribution < 1.29 is 9.90 Å². The molecule has 0 heterocycles. The number of carboxylic acids is 1. The van der Waals surface area contributed by atoms with Gasteiger partial charge in [0, 0.05) is 0 Å². The van der Waals surface area contributed by atoms with E-state index in [2.05, 4.69) is 25.7 Å². The predicted molar refractivity (Wildman–Crippen MR) is 67.7 cm³/mol. The first kappa shape index (κ1) is 15.4. The van der Waals surface area contributed by atoms with E-state index in [1.54, 1.807) is 0 Å². The van der Waals surface area contributed by atoms with Crippen LogP contribution in [0.25, 0.3) is 0 Å². The molecule has 1 N–H and O–H groups in total. The zero-order valence-electron chi connectivity index (χ0n) is 11.4. The number of carbonyl (C=O) groups is 1. The predicted octanol–water partition coefficient (Wildman–Crippen LogP) is 3.00. The van der Waals surface area contributed by atoms with Crippen LogP contribution in [0.15, 0.2) is 0 Å². The van der Waals surface area contributed by atoms with Crippen LogP contribution in [0.4, 0.5) is 0 Å². The van der Waals surface area contributed by atoms with Crippen molar-refractivity contribution in [1.82, 2.24) is 4.90 Å². The van der Waals surface area contributed by atoms with Crippen molar-refractivity contribution in [1.29, 1.82) is 0 Å². The lowest BCUT2D eigenvalue weighted by molar-refractivity contribution is -0.151. The van der Waals surface area contributed by atoms with Gasteiger partial charge in [-0.25, -0.2) is 0 Å². The molecule has 0 spiro atoms. The van der Waals surface area contributed by atoms with E-state index >= 15 is 0 Å². The molecule has 0 aromatic rings. The van der Waals surface area contributed by atoms with E-state index in [1.807, 2.05) is 13.8 Å². The molecule has 0 aromatic heterocycles. The van der Waals surface area contributed by atoms with Crippen molar-refractivity contribution >= 4 is 5.97 Å². The Balaban J connectivity index is 4.76. The maximum absolute atomic E-state index is 11.5. The van der Waals surface area contributed by atoms with E-state index in [9.17, 15) is 9.90 Å². The van der Waals surface area contributed by atoms with Crippen LogP contribution >= 0.6 is 0 Å². The molecule has 0 aliphatic carbocycles. The maximum Gasteiger partial charge on any atom is 0.323 e. The molecule has 0 rings (SSSR count). The number of hydrogen-bond donors (Lipinski definition) is 1. The van der Waals surface area contributed by atoms with Crippen molar-refractivity contribution in [3.8, 4) is 0 Å². The monoisotopic (exact) mass is 229 g/mol. The summed E-state index contributed by atoms with van der Waals surface area (Å²) >= 11 is 0. The number of likely N-dealkylation sites (N-methyl/N-ethyl adjacent to an activating group) is 1. The second-order valence-electron chi connectivity index (χ2n) is 5.11. The van der Waals surface area contributed by atoms with Crippen LogP contribution in [-0.2, 0) is 4.79 Å². The molecule has 0 aromatic carbocycles. The van der Waals surface area contributed by atoms with Gasteiger partial charge in [-0.05, 0) is 38.8 Å². The third-order valence-electron chi connectivity index (χ3n) is 3.13. The third kappa shape index (κ3) is 4.12. The lowest BCUT2D eigenvalue weighted by Crippen LogP contribution is -2.53. The summed E-state index contributed by atoms with van der Waals surface area (Å²) in [4.78, 5) is 13.6. The van der Waals surface area contributed by atoms with Crippen LogP contribution in [0.3, 0.4) is 0 Å². The Morgan fingerprint density at radius 2 is 1.94 bits per heavy atom. The summed E-state index contributed by atoms with van der Waals surface area (Å²) in [7, 11) is 0. The Morgan fingerprint density at radius 1 is 1.38 bits per heavy atom. The Kier molecular flexibility index (Phi) is 6.65. The van der Waals surface area contributed by atoms with Gasteiger partial charge in [0.15, 0.2) is 0 Å². The summed E-state index contributed by atoms with van der Waals surface area (Å²) in [5.74, 6) is -0.295. The molecule has 1 unspecified atom stereocenters. The van der Waals surface area contributed by atoms with Gasteiger partial charge in [0.2, 0.25) is 0 Å². The maximum atomic E-state index is 11.5. The van der Waals surface area contributed by atoms with Crippen LogP contribution in [0.2, 0.25) is 0 Å². The molecule has 0 radical (unpaired) electrons. The molecule has 3 nitrogen and oxygen atoms in total. The van der Waals surface area contributed by atoms with Gasteiger partial charge in [-0.1, -0.05) is 34.1 Å². The van der Waals surface area contributed by atoms with Crippen molar-refractivity contribution in [2.24, 2.45) is 5.92 Å². The number of hydrogen-bond acceptors (Lipinski definition) is 2. The van der Waals surface area contributed by atoms with Crippen LogP contribution in [-0.4, -0.2) is 34.6 Å². The minimum absolute atomic E-state index is 0.400. The van der Waals surface area contributed by atoms with Gasteiger partial charge in [0.25, 0.3) is 0 Å². The minimum atomic E-state index is -0.710. The average Bonchev–Trinajstić information content (AvgIpc) is 2.17. The highest BCUT2D eigenvalue weighted by Crippen LogP contribution is 2.24. The van der Waals surface area contributed by atoms with Gasteiger partial charge < -0.3 is 5.11 Å². The number of nitrogens with zero attached hydrogens (tertiary/aromatic N) is 1. The number of rotatable bonds is 8. The topological polar surface area (TPSA) is 40.5 Å². The summed E-state index contributed by atoms with van der Waals surface area (Å²) in [6.07, 6.45) is 2.88. The normalized spacial score (nSPS) is 15.4. The quantitative estimate of drug-likeness (QED) is 0.695. The Labute approximate surface area is 99.8 Å². The number of carboxylic acid groups (broad SMARTS) is 1. The molecule has 3 heteroatoms.